The fraction of sp³-hybridized carbons (Fsp3) is 0.296. The maximum atomic E-state index is 13.9. The molecule has 2 saturated heterocycles. The van der Waals surface area contributed by atoms with Crippen molar-refractivity contribution in [2.24, 2.45) is 0 Å². The first-order chi connectivity index (χ1) is 19.1. The SMILES string of the molecule is O=C(c1cccc(S(=O)(=O)N2CCCC2)c1)N(C(=O)c1cccc(S(=O)(=O)N2CCCC2)c1)c1ccc(Br)cn1. The van der Waals surface area contributed by atoms with Crippen LogP contribution in [0.25, 0.3) is 0 Å². The van der Waals surface area contributed by atoms with E-state index in [1.807, 2.05) is 0 Å². The van der Waals surface area contributed by atoms with Crippen LogP contribution >= 0.6 is 15.9 Å². The highest BCUT2D eigenvalue weighted by Gasteiger charge is 2.32. The standard InChI is InChI=1S/C27H27BrN4O6S2/c28-22-11-12-25(29-19-22)32(26(33)20-7-5-9-23(17-20)39(35,36)30-13-1-2-14-30)27(34)21-8-6-10-24(18-21)40(37,38)31-15-3-4-16-31/h5-12,17-19H,1-4,13-16H2. The molecule has 13 heteroatoms. The average Bonchev–Trinajstić information content (AvgIpc) is 3.70. The summed E-state index contributed by atoms with van der Waals surface area (Å²) in [4.78, 5) is 32.7. The molecule has 2 aliphatic heterocycles. The zero-order valence-electron chi connectivity index (χ0n) is 21.4. The molecule has 40 heavy (non-hydrogen) atoms. The van der Waals surface area contributed by atoms with Gasteiger partial charge in [-0.25, -0.2) is 26.7 Å². The molecule has 2 aliphatic rings. The summed E-state index contributed by atoms with van der Waals surface area (Å²) in [5, 5.41) is 0. The third kappa shape index (κ3) is 5.61. The third-order valence-corrected chi connectivity index (χ3v) is 11.2. The van der Waals surface area contributed by atoms with Crippen molar-refractivity contribution in [1.82, 2.24) is 13.6 Å². The lowest BCUT2D eigenvalue weighted by molar-refractivity contribution is 0.0896. The molecule has 0 bridgehead atoms. The lowest BCUT2D eigenvalue weighted by Crippen LogP contribution is -2.38. The summed E-state index contributed by atoms with van der Waals surface area (Å²) >= 11 is 3.29. The van der Waals surface area contributed by atoms with Crippen LogP contribution in [0.2, 0.25) is 0 Å². The van der Waals surface area contributed by atoms with Gasteiger partial charge in [-0.3, -0.25) is 9.59 Å². The Hall–Kier alpha value is -2.97. The molecule has 3 heterocycles. The van der Waals surface area contributed by atoms with Crippen LogP contribution in [0.4, 0.5) is 5.82 Å². The lowest BCUT2D eigenvalue weighted by atomic mass is 10.1. The smallest absolute Gasteiger partial charge is 0.266 e. The number of carbonyl (C=O) groups is 2. The summed E-state index contributed by atoms with van der Waals surface area (Å²) in [5.74, 6) is -1.60. The topological polar surface area (TPSA) is 125 Å². The van der Waals surface area contributed by atoms with Crippen molar-refractivity contribution >= 4 is 53.6 Å². The van der Waals surface area contributed by atoms with Crippen LogP contribution in [0.3, 0.4) is 0 Å². The van der Waals surface area contributed by atoms with Crippen LogP contribution < -0.4 is 4.90 Å². The number of pyridine rings is 1. The van der Waals surface area contributed by atoms with Gasteiger partial charge in [0.25, 0.3) is 11.8 Å². The van der Waals surface area contributed by atoms with E-state index < -0.39 is 31.9 Å². The number of imide groups is 1. The number of hydrogen-bond donors (Lipinski definition) is 0. The molecule has 2 aromatic carbocycles. The van der Waals surface area contributed by atoms with Crippen LogP contribution in [0, 0.1) is 0 Å². The first-order valence-electron chi connectivity index (χ1n) is 12.8. The van der Waals surface area contributed by atoms with E-state index in [0.29, 0.717) is 30.7 Å². The van der Waals surface area contributed by atoms with Crippen molar-refractivity contribution in [2.45, 2.75) is 35.5 Å². The molecule has 0 radical (unpaired) electrons. The van der Waals surface area contributed by atoms with E-state index in [1.165, 1.54) is 69.4 Å². The van der Waals surface area contributed by atoms with E-state index in [9.17, 15) is 26.4 Å². The van der Waals surface area contributed by atoms with Crippen molar-refractivity contribution in [1.29, 1.82) is 0 Å². The van der Waals surface area contributed by atoms with Crippen LogP contribution in [-0.4, -0.2) is 68.4 Å². The van der Waals surface area contributed by atoms with E-state index in [-0.39, 0.29) is 26.7 Å². The largest absolute Gasteiger partial charge is 0.268 e. The molecule has 0 saturated carbocycles. The van der Waals surface area contributed by atoms with Gasteiger partial charge in [-0.15, -0.1) is 0 Å². The van der Waals surface area contributed by atoms with Crippen molar-refractivity contribution in [3.63, 3.8) is 0 Å². The zero-order chi connectivity index (χ0) is 28.5. The third-order valence-electron chi connectivity index (χ3n) is 6.91. The van der Waals surface area contributed by atoms with Gasteiger partial charge in [0.2, 0.25) is 20.0 Å². The van der Waals surface area contributed by atoms with Crippen LogP contribution in [-0.2, 0) is 20.0 Å². The van der Waals surface area contributed by atoms with Gasteiger partial charge >= 0.3 is 0 Å². The molecular weight excluding hydrogens is 620 g/mol. The summed E-state index contributed by atoms with van der Waals surface area (Å²) in [7, 11) is -7.62. The molecule has 2 amide bonds. The molecule has 0 N–H and O–H groups in total. The number of amides is 2. The van der Waals surface area contributed by atoms with Gasteiger partial charge in [-0.2, -0.15) is 8.61 Å². The zero-order valence-corrected chi connectivity index (χ0v) is 24.7. The van der Waals surface area contributed by atoms with Gasteiger partial charge < -0.3 is 0 Å². The number of hydrogen-bond acceptors (Lipinski definition) is 7. The molecule has 0 spiro atoms. The van der Waals surface area contributed by atoms with Gasteiger partial charge in [0.1, 0.15) is 5.82 Å². The molecule has 210 valence electrons. The Kier molecular flexibility index (Phi) is 8.20. The van der Waals surface area contributed by atoms with Gasteiger partial charge in [0.15, 0.2) is 0 Å². The molecule has 2 fully saturated rings. The van der Waals surface area contributed by atoms with Crippen LogP contribution in [0.15, 0.2) is 81.1 Å². The van der Waals surface area contributed by atoms with Crippen molar-refractivity contribution < 1.29 is 26.4 Å². The quantitative estimate of drug-likeness (QED) is 0.357. The molecule has 10 nitrogen and oxygen atoms in total. The van der Waals surface area contributed by atoms with Crippen molar-refractivity contribution in [2.75, 3.05) is 31.1 Å². The van der Waals surface area contributed by atoms with Gasteiger partial charge in [0, 0.05) is 48.0 Å². The summed E-state index contributed by atoms with van der Waals surface area (Å²) < 4.78 is 55.9. The second-order valence-corrected chi connectivity index (χ2v) is 14.3. The van der Waals surface area contributed by atoms with Gasteiger partial charge in [0.05, 0.1) is 9.79 Å². The number of aromatic nitrogens is 1. The van der Waals surface area contributed by atoms with Crippen molar-refractivity contribution in [3.8, 4) is 0 Å². The maximum absolute atomic E-state index is 13.9. The van der Waals surface area contributed by atoms with E-state index in [2.05, 4.69) is 20.9 Å². The van der Waals surface area contributed by atoms with Gasteiger partial charge in [-0.1, -0.05) is 12.1 Å². The lowest BCUT2D eigenvalue weighted by Gasteiger charge is -2.22. The minimum atomic E-state index is -3.81. The highest BCUT2D eigenvalue weighted by Crippen LogP contribution is 2.26. The predicted molar refractivity (Wildman–Crippen MR) is 152 cm³/mol. The second-order valence-electron chi connectivity index (χ2n) is 9.56. The minimum Gasteiger partial charge on any atom is -0.268 e. The molecular formula is C27H27BrN4O6S2. The van der Waals surface area contributed by atoms with E-state index >= 15 is 0 Å². The first kappa shape index (κ1) is 28.6. The number of nitrogens with zero attached hydrogens (tertiary/aromatic N) is 4. The fourth-order valence-corrected chi connectivity index (χ4v) is 8.15. The maximum Gasteiger partial charge on any atom is 0.266 e. The van der Waals surface area contributed by atoms with E-state index in [4.69, 9.17) is 0 Å². The molecule has 0 aliphatic carbocycles. The van der Waals surface area contributed by atoms with Crippen LogP contribution in [0.1, 0.15) is 46.4 Å². The molecule has 0 unspecified atom stereocenters. The minimum absolute atomic E-state index is 0.00111. The second kappa shape index (κ2) is 11.5. The number of sulfonamides is 2. The van der Waals surface area contributed by atoms with E-state index in [1.54, 1.807) is 6.07 Å². The Morgan fingerprint density at radius 1 is 0.700 bits per heavy atom. The van der Waals surface area contributed by atoms with Crippen molar-refractivity contribution in [3.05, 3.63) is 82.5 Å². The molecule has 0 atom stereocenters. The predicted octanol–water partition coefficient (Wildman–Crippen LogP) is 3.90. The number of benzene rings is 2. The molecule has 5 rings (SSSR count). The average molecular weight is 648 g/mol. The Morgan fingerprint density at radius 3 is 1.55 bits per heavy atom. The Balaban J connectivity index is 1.53. The highest BCUT2D eigenvalue weighted by atomic mass is 79.9. The number of halogens is 1. The Morgan fingerprint density at radius 2 is 1.15 bits per heavy atom. The number of carbonyl (C=O) groups excluding carboxylic acids is 2. The first-order valence-corrected chi connectivity index (χ1v) is 16.5. The molecule has 1 aromatic heterocycles. The summed E-state index contributed by atoms with van der Waals surface area (Å²) in [6, 6.07) is 14.2. The van der Waals surface area contributed by atoms with E-state index in [0.717, 1.165) is 30.6 Å². The normalized spacial score (nSPS) is 16.7. The van der Waals surface area contributed by atoms with Crippen LogP contribution in [0.5, 0.6) is 0 Å². The molecule has 3 aromatic rings. The summed E-state index contributed by atoms with van der Waals surface area (Å²) in [5.41, 5.74) is -0.0571. The highest BCUT2D eigenvalue weighted by molar-refractivity contribution is 9.10. The fourth-order valence-electron chi connectivity index (χ4n) is 4.79. The number of anilines is 1. The Labute approximate surface area is 241 Å². The summed E-state index contributed by atoms with van der Waals surface area (Å²) in [6.45, 7) is 1.63. The number of rotatable bonds is 7. The Bertz CT molecular complexity index is 1550. The summed E-state index contributed by atoms with van der Waals surface area (Å²) in [6.07, 6.45) is 4.49. The van der Waals surface area contributed by atoms with Gasteiger partial charge in [-0.05, 0) is 90.1 Å². The monoisotopic (exact) mass is 646 g/mol.